The molecule has 1 aromatic carbocycles. The second kappa shape index (κ2) is 5.07. The number of hydrogen-bond acceptors (Lipinski definition) is 1. The van der Waals surface area contributed by atoms with Gasteiger partial charge < -0.3 is 4.74 Å². The molecule has 0 aromatic heterocycles. The summed E-state index contributed by atoms with van der Waals surface area (Å²) in [5, 5.41) is 0. The Kier molecular flexibility index (Phi) is 4.80. The van der Waals surface area contributed by atoms with Crippen LogP contribution in [-0.4, -0.2) is 0 Å². The average Bonchev–Trinajstić information content (AvgIpc) is 2.05. The third-order valence-electron chi connectivity index (χ3n) is 1.60. The molecule has 0 N–H and O–H groups in total. The molecule has 1 heterocycles. The summed E-state index contributed by atoms with van der Waals surface area (Å²) < 4.78 is 5.24. The standard InChI is InChI=1S/C9H8O.CH4.V/c1-2-6-9-8(4-1)5-3-7-10-9;;/h1-4,6-7H,5H2;1H4;. The zero-order chi connectivity index (χ0) is 6.81. The number of fused-ring (bicyclic) bond motifs is 1. The Morgan fingerprint density at radius 1 is 1.17 bits per heavy atom. The summed E-state index contributed by atoms with van der Waals surface area (Å²) in [5.41, 5.74) is 1.27. The third-order valence-corrected chi connectivity index (χ3v) is 1.60. The van der Waals surface area contributed by atoms with E-state index in [-0.39, 0.29) is 26.0 Å². The van der Waals surface area contributed by atoms with Crippen LogP contribution in [0.5, 0.6) is 5.75 Å². The van der Waals surface area contributed by atoms with Crippen molar-refractivity contribution in [2.75, 3.05) is 0 Å². The molecular weight excluding hydrogens is 187 g/mol. The maximum atomic E-state index is 5.24. The van der Waals surface area contributed by atoms with Gasteiger partial charge >= 0.3 is 0 Å². The Morgan fingerprint density at radius 2 is 1.92 bits per heavy atom. The van der Waals surface area contributed by atoms with Crippen LogP contribution in [-0.2, 0) is 25.0 Å². The summed E-state index contributed by atoms with van der Waals surface area (Å²) in [7, 11) is 0. The van der Waals surface area contributed by atoms with E-state index in [4.69, 9.17) is 4.74 Å². The number of hydrogen-bond donors (Lipinski definition) is 0. The summed E-state index contributed by atoms with van der Waals surface area (Å²) in [4.78, 5) is 0. The molecule has 2 rings (SSSR count). The van der Waals surface area contributed by atoms with Gasteiger partial charge in [0.15, 0.2) is 0 Å². The van der Waals surface area contributed by atoms with Crippen molar-refractivity contribution in [1.82, 2.24) is 0 Å². The van der Waals surface area contributed by atoms with E-state index in [1.54, 1.807) is 6.26 Å². The predicted octanol–water partition coefficient (Wildman–Crippen LogP) is 2.77. The largest absolute Gasteiger partial charge is 0.465 e. The summed E-state index contributed by atoms with van der Waals surface area (Å²) in [6, 6.07) is 8.08. The van der Waals surface area contributed by atoms with Gasteiger partial charge in [-0.3, -0.25) is 0 Å². The molecular formula is C10H12OV. The zero-order valence-corrected chi connectivity index (χ0v) is 7.42. The van der Waals surface area contributed by atoms with Crippen molar-refractivity contribution in [2.24, 2.45) is 0 Å². The molecule has 63 valence electrons. The molecule has 0 amide bonds. The van der Waals surface area contributed by atoms with Crippen molar-refractivity contribution in [3.05, 3.63) is 42.2 Å². The van der Waals surface area contributed by atoms with Crippen LogP contribution in [0.15, 0.2) is 36.6 Å². The topological polar surface area (TPSA) is 9.23 Å². The van der Waals surface area contributed by atoms with Gasteiger partial charge in [0.1, 0.15) is 5.75 Å². The molecule has 0 atom stereocenters. The van der Waals surface area contributed by atoms with E-state index in [0.29, 0.717) is 0 Å². The molecule has 1 radical (unpaired) electrons. The van der Waals surface area contributed by atoms with Crippen LogP contribution in [0.25, 0.3) is 0 Å². The summed E-state index contributed by atoms with van der Waals surface area (Å²) in [6.45, 7) is 0. The van der Waals surface area contributed by atoms with Gasteiger partial charge in [-0.25, -0.2) is 0 Å². The first-order chi connectivity index (χ1) is 4.97. The molecule has 0 fully saturated rings. The number of benzene rings is 1. The first-order valence-corrected chi connectivity index (χ1v) is 3.36. The predicted molar refractivity (Wildman–Crippen MR) is 46.6 cm³/mol. The van der Waals surface area contributed by atoms with Gasteiger partial charge in [0, 0.05) is 18.6 Å². The Hall–Kier alpha value is -0.656. The maximum Gasteiger partial charge on any atom is 0.130 e. The average molecular weight is 199 g/mol. The van der Waals surface area contributed by atoms with Crippen LogP contribution in [0.1, 0.15) is 13.0 Å². The van der Waals surface area contributed by atoms with E-state index in [1.165, 1.54) is 5.56 Å². The van der Waals surface area contributed by atoms with Crippen molar-refractivity contribution >= 4 is 0 Å². The number of para-hydroxylation sites is 1. The smallest absolute Gasteiger partial charge is 0.130 e. The first-order valence-electron chi connectivity index (χ1n) is 3.36. The fourth-order valence-electron chi connectivity index (χ4n) is 1.08. The Bertz CT molecular complexity index is 241. The molecule has 1 aliphatic rings. The third kappa shape index (κ3) is 2.16. The van der Waals surface area contributed by atoms with Crippen LogP contribution in [0, 0.1) is 0 Å². The molecule has 0 saturated heterocycles. The number of ether oxygens (including phenoxy) is 1. The van der Waals surface area contributed by atoms with E-state index in [0.717, 1.165) is 12.2 Å². The van der Waals surface area contributed by atoms with Crippen LogP contribution >= 0.6 is 0 Å². The zero-order valence-electron chi connectivity index (χ0n) is 6.03. The molecule has 0 unspecified atom stereocenters. The van der Waals surface area contributed by atoms with E-state index in [2.05, 4.69) is 6.07 Å². The second-order valence-electron chi connectivity index (χ2n) is 2.30. The van der Waals surface area contributed by atoms with Crippen LogP contribution in [0.2, 0.25) is 0 Å². The van der Waals surface area contributed by atoms with Gasteiger partial charge in [-0.15, -0.1) is 0 Å². The minimum atomic E-state index is 0. The molecule has 12 heavy (non-hydrogen) atoms. The monoisotopic (exact) mass is 199 g/mol. The van der Waals surface area contributed by atoms with E-state index in [9.17, 15) is 0 Å². The van der Waals surface area contributed by atoms with Crippen molar-refractivity contribution < 1.29 is 23.3 Å². The van der Waals surface area contributed by atoms with Crippen molar-refractivity contribution in [3.63, 3.8) is 0 Å². The first kappa shape index (κ1) is 11.3. The fourth-order valence-corrected chi connectivity index (χ4v) is 1.08. The van der Waals surface area contributed by atoms with Crippen molar-refractivity contribution in [1.29, 1.82) is 0 Å². The Balaban J connectivity index is 0.000000605. The Labute approximate surface area is 85.3 Å². The van der Waals surface area contributed by atoms with Gasteiger partial charge in [0.2, 0.25) is 0 Å². The maximum absolute atomic E-state index is 5.24. The number of rotatable bonds is 0. The fraction of sp³-hybridized carbons (Fsp3) is 0.200. The van der Waals surface area contributed by atoms with Gasteiger partial charge in [-0.1, -0.05) is 25.6 Å². The quantitative estimate of drug-likeness (QED) is 0.624. The van der Waals surface area contributed by atoms with Crippen LogP contribution < -0.4 is 4.74 Å². The van der Waals surface area contributed by atoms with Crippen molar-refractivity contribution in [3.8, 4) is 5.75 Å². The minimum absolute atomic E-state index is 0. The van der Waals surface area contributed by atoms with E-state index in [1.807, 2.05) is 24.3 Å². The van der Waals surface area contributed by atoms with Gasteiger partial charge in [-0.2, -0.15) is 0 Å². The molecule has 1 nitrogen and oxygen atoms in total. The number of allylic oxidation sites excluding steroid dienone is 1. The van der Waals surface area contributed by atoms with Gasteiger partial charge in [0.25, 0.3) is 0 Å². The molecule has 1 aromatic rings. The van der Waals surface area contributed by atoms with E-state index < -0.39 is 0 Å². The van der Waals surface area contributed by atoms with Gasteiger partial charge in [-0.05, 0) is 24.1 Å². The SMILES string of the molecule is C.C1=COc2ccccc2C1.[V]. The molecule has 0 saturated carbocycles. The molecule has 0 spiro atoms. The van der Waals surface area contributed by atoms with Gasteiger partial charge in [0.05, 0.1) is 6.26 Å². The van der Waals surface area contributed by atoms with Crippen LogP contribution in [0.3, 0.4) is 0 Å². The summed E-state index contributed by atoms with van der Waals surface area (Å²) in [6.07, 6.45) is 4.75. The molecule has 2 heteroatoms. The molecule has 0 aliphatic carbocycles. The molecule has 1 aliphatic heterocycles. The summed E-state index contributed by atoms with van der Waals surface area (Å²) in [5.74, 6) is 0.991. The Morgan fingerprint density at radius 3 is 2.67 bits per heavy atom. The van der Waals surface area contributed by atoms with Crippen molar-refractivity contribution in [2.45, 2.75) is 13.8 Å². The minimum Gasteiger partial charge on any atom is -0.465 e. The normalized spacial score (nSPS) is 11.7. The van der Waals surface area contributed by atoms with E-state index >= 15 is 0 Å². The second-order valence-corrected chi connectivity index (χ2v) is 2.30. The summed E-state index contributed by atoms with van der Waals surface area (Å²) >= 11 is 0. The van der Waals surface area contributed by atoms with Crippen LogP contribution in [0.4, 0.5) is 0 Å². The molecule has 0 bridgehead atoms.